The van der Waals surface area contributed by atoms with E-state index >= 15 is 0 Å². The molecule has 1 aromatic carbocycles. The summed E-state index contributed by atoms with van der Waals surface area (Å²) >= 11 is 6.96. The first-order valence-corrected chi connectivity index (χ1v) is 6.99. The predicted molar refractivity (Wildman–Crippen MR) is 72.0 cm³/mol. The molecule has 0 bridgehead atoms. The summed E-state index contributed by atoms with van der Waals surface area (Å²) in [4.78, 5) is 11.2. The maximum absolute atomic E-state index is 11.2. The minimum absolute atomic E-state index is 0.210. The number of alkyl halides is 1. The van der Waals surface area contributed by atoms with Gasteiger partial charge in [-0.1, -0.05) is 50.1 Å². The Bertz CT molecular complexity index is 364. The van der Waals surface area contributed by atoms with Crippen molar-refractivity contribution < 1.29 is 9.53 Å². The number of carbonyl (C=O) groups is 1. The SMILES string of the molecule is COC(=O)Cc1cccc(CCCBr)c1Br. The highest BCUT2D eigenvalue weighted by molar-refractivity contribution is 9.10. The zero-order valence-corrected chi connectivity index (χ0v) is 12.3. The van der Waals surface area contributed by atoms with Crippen LogP contribution in [0.4, 0.5) is 0 Å². The summed E-state index contributed by atoms with van der Waals surface area (Å²) in [6.45, 7) is 0. The Morgan fingerprint density at radius 3 is 2.69 bits per heavy atom. The normalized spacial score (nSPS) is 10.2. The summed E-state index contributed by atoms with van der Waals surface area (Å²) in [6, 6.07) is 6.00. The van der Waals surface area contributed by atoms with Gasteiger partial charge in [-0.05, 0) is 24.0 Å². The molecule has 16 heavy (non-hydrogen) atoms. The van der Waals surface area contributed by atoms with Gasteiger partial charge in [0.25, 0.3) is 0 Å². The average Bonchev–Trinajstić information content (AvgIpc) is 2.30. The van der Waals surface area contributed by atoms with Crippen LogP contribution in [0.5, 0.6) is 0 Å². The second kappa shape index (κ2) is 7.07. The van der Waals surface area contributed by atoms with Gasteiger partial charge in [-0.2, -0.15) is 0 Å². The molecule has 4 heteroatoms. The Morgan fingerprint density at radius 1 is 1.38 bits per heavy atom. The van der Waals surface area contributed by atoms with Gasteiger partial charge < -0.3 is 4.74 Å². The third-order valence-corrected chi connectivity index (χ3v) is 3.88. The summed E-state index contributed by atoms with van der Waals surface area (Å²) in [6.07, 6.45) is 2.40. The number of rotatable bonds is 5. The standard InChI is InChI=1S/C12H14Br2O2/c1-16-11(15)8-10-5-2-4-9(12(10)14)6-3-7-13/h2,4-5H,3,6-8H2,1H3. The number of esters is 1. The zero-order chi connectivity index (χ0) is 12.0. The van der Waals surface area contributed by atoms with Gasteiger partial charge in [0.05, 0.1) is 13.5 Å². The summed E-state index contributed by atoms with van der Waals surface area (Å²) in [5.41, 5.74) is 2.22. The van der Waals surface area contributed by atoms with E-state index in [0.29, 0.717) is 6.42 Å². The van der Waals surface area contributed by atoms with Crippen LogP contribution in [0.25, 0.3) is 0 Å². The molecule has 88 valence electrons. The number of benzene rings is 1. The van der Waals surface area contributed by atoms with Crippen LogP contribution in [0.3, 0.4) is 0 Å². The highest BCUT2D eigenvalue weighted by Gasteiger charge is 2.09. The maximum Gasteiger partial charge on any atom is 0.310 e. The van der Waals surface area contributed by atoms with Crippen LogP contribution in [0, 0.1) is 0 Å². The molecule has 0 atom stereocenters. The van der Waals surface area contributed by atoms with E-state index < -0.39 is 0 Å². The predicted octanol–water partition coefficient (Wildman–Crippen LogP) is 3.49. The van der Waals surface area contributed by atoms with E-state index in [-0.39, 0.29) is 5.97 Å². The van der Waals surface area contributed by atoms with Gasteiger partial charge in [-0.25, -0.2) is 0 Å². The number of methoxy groups -OCH3 is 1. The Hall–Kier alpha value is -0.350. The van der Waals surface area contributed by atoms with Crippen molar-refractivity contribution in [3.63, 3.8) is 0 Å². The van der Waals surface area contributed by atoms with Gasteiger partial charge in [-0.15, -0.1) is 0 Å². The van der Waals surface area contributed by atoms with Gasteiger partial charge in [-0.3, -0.25) is 4.79 Å². The molecule has 0 N–H and O–H groups in total. The number of halogens is 2. The Kier molecular flexibility index (Phi) is 6.06. The Balaban J connectivity index is 2.81. The van der Waals surface area contributed by atoms with E-state index in [1.807, 2.05) is 12.1 Å². The molecule has 1 rings (SSSR count). The van der Waals surface area contributed by atoms with E-state index in [1.165, 1.54) is 12.7 Å². The quantitative estimate of drug-likeness (QED) is 0.600. The number of aryl methyl sites for hydroxylation is 1. The topological polar surface area (TPSA) is 26.3 Å². The number of ether oxygens (including phenoxy) is 1. The molecule has 1 aromatic rings. The lowest BCUT2D eigenvalue weighted by Crippen LogP contribution is -2.05. The second-order valence-corrected chi connectivity index (χ2v) is 5.02. The van der Waals surface area contributed by atoms with E-state index in [4.69, 9.17) is 0 Å². The fraction of sp³-hybridized carbons (Fsp3) is 0.417. The lowest BCUT2D eigenvalue weighted by molar-refractivity contribution is -0.139. The molecular formula is C12H14Br2O2. The molecule has 0 aromatic heterocycles. The van der Waals surface area contributed by atoms with Crippen LogP contribution in [0.2, 0.25) is 0 Å². The van der Waals surface area contributed by atoms with Crippen LogP contribution in [-0.2, 0) is 22.4 Å². The molecule has 0 heterocycles. The lowest BCUT2D eigenvalue weighted by Gasteiger charge is -2.08. The molecule has 0 saturated heterocycles. The molecule has 2 nitrogen and oxygen atoms in total. The highest BCUT2D eigenvalue weighted by Crippen LogP contribution is 2.24. The van der Waals surface area contributed by atoms with Crippen LogP contribution in [0.15, 0.2) is 22.7 Å². The summed E-state index contributed by atoms with van der Waals surface area (Å²) in [5, 5.41) is 0.987. The maximum atomic E-state index is 11.2. The summed E-state index contributed by atoms with van der Waals surface area (Å²) < 4.78 is 5.69. The zero-order valence-electron chi connectivity index (χ0n) is 9.13. The van der Waals surface area contributed by atoms with Crippen molar-refractivity contribution in [3.05, 3.63) is 33.8 Å². The second-order valence-electron chi connectivity index (χ2n) is 3.44. The minimum Gasteiger partial charge on any atom is -0.469 e. The van der Waals surface area contributed by atoms with Gasteiger partial charge in [0, 0.05) is 9.80 Å². The number of hydrogen-bond acceptors (Lipinski definition) is 2. The molecule has 0 aliphatic rings. The van der Waals surface area contributed by atoms with Crippen LogP contribution < -0.4 is 0 Å². The van der Waals surface area contributed by atoms with Gasteiger partial charge in [0.15, 0.2) is 0 Å². The smallest absolute Gasteiger partial charge is 0.310 e. The summed E-state index contributed by atoms with van der Waals surface area (Å²) in [7, 11) is 1.41. The average molecular weight is 350 g/mol. The van der Waals surface area contributed by atoms with Gasteiger partial charge in [0.1, 0.15) is 0 Å². The van der Waals surface area contributed by atoms with Gasteiger partial charge in [0.2, 0.25) is 0 Å². The number of carbonyl (C=O) groups excluding carboxylic acids is 1. The minimum atomic E-state index is -0.210. The largest absolute Gasteiger partial charge is 0.469 e. The van der Waals surface area contributed by atoms with Crippen LogP contribution >= 0.6 is 31.9 Å². The van der Waals surface area contributed by atoms with E-state index in [0.717, 1.165) is 28.2 Å². The van der Waals surface area contributed by atoms with Crippen molar-refractivity contribution in [2.45, 2.75) is 19.3 Å². The number of hydrogen-bond donors (Lipinski definition) is 0. The molecule has 0 spiro atoms. The third-order valence-electron chi connectivity index (χ3n) is 2.30. The van der Waals surface area contributed by atoms with Crippen molar-refractivity contribution >= 4 is 37.8 Å². The molecule has 0 amide bonds. The fourth-order valence-corrected chi connectivity index (χ4v) is 2.33. The van der Waals surface area contributed by atoms with Crippen molar-refractivity contribution in [1.29, 1.82) is 0 Å². The van der Waals surface area contributed by atoms with Crippen molar-refractivity contribution in [1.82, 2.24) is 0 Å². The summed E-state index contributed by atoms with van der Waals surface area (Å²) in [5.74, 6) is -0.210. The Labute approximate surface area is 113 Å². The Morgan fingerprint density at radius 2 is 2.06 bits per heavy atom. The van der Waals surface area contributed by atoms with Crippen LogP contribution in [0.1, 0.15) is 17.5 Å². The van der Waals surface area contributed by atoms with Crippen molar-refractivity contribution in [2.24, 2.45) is 0 Å². The van der Waals surface area contributed by atoms with E-state index in [2.05, 4.69) is 42.7 Å². The molecule has 0 saturated carbocycles. The fourth-order valence-electron chi connectivity index (χ4n) is 1.45. The van der Waals surface area contributed by atoms with Crippen LogP contribution in [-0.4, -0.2) is 18.4 Å². The monoisotopic (exact) mass is 348 g/mol. The lowest BCUT2D eigenvalue weighted by atomic mass is 10.0. The third kappa shape index (κ3) is 3.91. The molecule has 0 aliphatic carbocycles. The molecule has 0 fully saturated rings. The van der Waals surface area contributed by atoms with E-state index in [1.54, 1.807) is 0 Å². The first kappa shape index (κ1) is 13.7. The van der Waals surface area contributed by atoms with E-state index in [9.17, 15) is 4.79 Å². The van der Waals surface area contributed by atoms with Gasteiger partial charge >= 0.3 is 5.97 Å². The molecule has 0 aliphatic heterocycles. The van der Waals surface area contributed by atoms with Crippen molar-refractivity contribution in [2.75, 3.05) is 12.4 Å². The first-order valence-electron chi connectivity index (χ1n) is 5.08. The molecule has 0 unspecified atom stereocenters. The van der Waals surface area contributed by atoms with Crippen molar-refractivity contribution in [3.8, 4) is 0 Å². The molecule has 0 radical (unpaired) electrons. The molecular weight excluding hydrogens is 336 g/mol. The highest BCUT2D eigenvalue weighted by atomic mass is 79.9. The first-order chi connectivity index (χ1) is 7.69.